The first-order valence-electron chi connectivity index (χ1n) is 9.28. The number of nitrogens with one attached hydrogen (secondary N) is 1. The van der Waals surface area contributed by atoms with Gasteiger partial charge in [0.1, 0.15) is 0 Å². The maximum absolute atomic E-state index is 4.76. The molecule has 0 atom stereocenters. The van der Waals surface area contributed by atoms with Crippen LogP contribution in [0, 0.1) is 5.41 Å². The van der Waals surface area contributed by atoms with Gasteiger partial charge in [-0.25, -0.2) is 0 Å². The fourth-order valence-corrected chi connectivity index (χ4v) is 4.55. The molecule has 0 unspecified atom stereocenters. The fourth-order valence-electron chi connectivity index (χ4n) is 4.55. The molecule has 2 aliphatic carbocycles. The molecule has 126 valence electrons. The van der Waals surface area contributed by atoms with Crippen molar-refractivity contribution in [1.29, 1.82) is 0 Å². The summed E-state index contributed by atoms with van der Waals surface area (Å²) in [6.45, 7) is 3.11. The highest BCUT2D eigenvalue weighted by Gasteiger charge is 2.43. The lowest BCUT2D eigenvalue weighted by atomic mass is 9.68. The minimum Gasteiger partial charge on any atom is -0.351 e. The molecule has 0 bridgehead atoms. The Hall–Kier alpha value is -1.52. The number of hydrogen-bond acceptors (Lipinski definition) is 2. The lowest BCUT2D eigenvalue weighted by Gasteiger charge is -2.38. The van der Waals surface area contributed by atoms with Gasteiger partial charge in [-0.05, 0) is 43.6 Å². The van der Waals surface area contributed by atoms with Gasteiger partial charge in [0.25, 0.3) is 0 Å². The topological polar surface area (TPSA) is 45.5 Å². The predicted octanol–water partition coefficient (Wildman–Crippen LogP) is 2.95. The van der Waals surface area contributed by atoms with Crippen LogP contribution in [0.2, 0.25) is 0 Å². The molecule has 1 saturated heterocycles. The lowest BCUT2D eigenvalue weighted by Crippen LogP contribution is -2.42. The van der Waals surface area contributed by atoms with Crippen LogP contribution in [-0.4, -0.2) is 40.8 Å². The molecule has 1 N–H and O–H groups in total. The number of aliphatic imine (C=N–C) groups is 1. The van der Waals surface area contributed by atoms with Gasteiger partial charge in [0.2, 0.25) is 0 Å². The zero-order chi connectivity index (χ0) is 15.7. The Kier molecular flexibility index (Phi) is 4.04. The average molecular weight is 315 g/mol. The van der Waals surface area contributed by atoms with E-state index in [9.17, 15) is 0 Å². The van der Waals surface area contributed by atoms with Gasteiger partial charge < -0.3 is 10.2 Å². The first-order chi connectivity index (χ1) is 11.3. The highest BCUT2D eigenvalue weighted by Crippen LogP contribution is 2.47. The highest BCUT2D eigenvalue weighted by molar-refractivity contribution is 5.80. The van der Waals surface area contributed by atoms with Crippen LogP contribution in [0.25, 0.3) is 0 Å². The standard InChI is InChI=1S/C18H29N5/c1-19-17(22-12-10-18(14-22)8-4-9-18)20-13-15-7-11-23(21-15)16-5-2-3-6-16/h7,11,16H,2-6,8-10,12-14H2,1H3,(H,19,20). The summed E-state index contributed by atoms with van der Waals surface area (Å²) in [5.41, 5.74) is 1.73. The van der Waals surface area contributed by atoms with E-state index in [1.165, 1.54) is 57.9 Å². The van der Waals surface area contributed by atoms with E-state index >= 15 is 0 Å². The molecular weight excluding hydrogens is 286 g/mol. The predicted molar refractivity (Wildman–Crippen MR) is 92.4 cm³/mol. The molecule has 5 nitrogen and oxygen atoms in total. The minimum atomic E-state index is 0.613. The van der Waals surface area contributed by atoms with E-state index in [1.807, 2.05) is 7.05 Å². The Morgan fingerprint density at radius 1 is 1.30 bits per heavy atom. The second-order valence-electron chi connectivity index (χ2n) is 7.65. The van der Waals surface area contributed by atoms with Crippen LogP contribution in [-0.2, 0) is 6.54 Å². The van der Waals surface area contributed by atoms with E-state index in [0.717, 1.165) is 24.7 Å². The van der Waals surface area contributed by atoms with Crippen molar-refractivity contribution in [1.82, 2.24) is 20.0 Å². The van der Waals surface area contributed by atoms with Gasteiger partial charge >= 0.3 is 0 Å². The van der Waals surface area contributed by atoms with Crippen LogP contribution in [0.5, 0.6) is 0 Å². The van der Waals surface area contributed by atoms with Crippen LogP contribution in [0.3, 0.4) is 0 Å². The number of guanidine groups is 1. The van der Waals surface area contributed by atoms with Crippen LogP contribution in [0.4, 0.5) is 0 Å². The average Bonchev–Trinajstić information content (AvgIpc) is 3.27. The summed E-state index contributed by atoms with van der Waals surface area (Å²) >= 11 is 0. The third-order valence-electron chi connectivity index (χ3n) is 6.15. The summed E-state index contributed by atoms with van der Waals surface area (Å²) in [7, 11) is 1.89. The van der Waals surface area contributed by atoms with Gasteiger partial charge in [0.15, 0.2) is 5.96 Å². The summed E-state index contributed by atoms with van der Waals surface area (Å²) in [4.78, 5) is 6.93. The van der Waals surface area contributed by atoms with E-state index in [0.29, 0.717) is 11.5 Å². The van der Waals surface area contributed by atoms with Crippen molar-refractivity contribution in [3.05, 3.63) is 18.0 Å². The molecule has 1 aromatic heterocycles. The number of aromatic nitrogens is 2. The van der Waals surface area contributed by atoms with Gasteiger partial charge in [0.05, 0.1) is 18.3 Å². The Morgan fingerprint density at radius 2 is 2.13 bits per heavy atom. The van der Waals surface area contributed by atoms with Crippen molar-refractivity contribution in [2.75, 3.05) is 20.1 Å². The Balaban J connectivity index is 1.32. The molecule has 0 radical (unpaired) electrons. The third-order valence-corrected chi connectivity index (χ3v) is 6.15. The zero-order valence-corrected chi connectivity index (χ0v) is 14.3. The van der Waals surface area contributed by atoms with E-state index in [1.54, 1.807) is 0 Å². The SMILES string of the molecule is CN=C(NCc1ccn(C2CCCC2)n1)N1CCC2(CCC2)C1. The van der Waals surface area contributed by atoms with Gasteiger partial charge in [-0.2, -0.15) is 5.10 Å². The summed E-state index contributed by atoms with van der Waals surface area (Å²) in [6, 6.07) is 2.77. The maximum Gasteiger partial charge on any atom is 0.193 e. The largest absolute Gasteiger partial charge is 0.351 e. The molecule has 23 heavy (non-hydrogen) atoms. The maximum atomic E-state index is 4.76. The van der Waals surface area contributed by atoms with E-state index in [-0.39, 0.29) is 0 Å². The van der Waals surface area contributed by atoms with Crippen LogP contribution in [0.1, 0.15) is 63.1 Å². The lowest BCUT2D eigenvalue weighted by molar-refractivity contribution is 0.151. The quantitative estimate of drug-likeness (QED) is 0.689. The number of rotatable bonds is 3. The second kappa shape index (κ2) is 6.17. The van der Waals surface area contributed by atoms with E-state index in [2.05, 4.69) is 32.2 Å². The number of hydrogen-bond donors (Lipinski definition) is 1. The molecule has 1 aromatic rings. The third kappa shape index (κ3) is 2.98. The number of likely N-dealkylation sites (tertiary alicyclic amines) is 1. The molecule has 5 heteroatoms. The molecule has 2 saturated carbocycles. The molecule has 2 heterocycles. The molecule has 1 aliphatic heterocycles. The summed E-state index contributed by atoms with van der Waals surface area (Å²) in [6.07, 6.45) is 13.0. The molecule has 1 spiro atoms. The smallest absolute Gasteiger partial charge is 0.193 e. The fraction of sp³-hybridized carbons (Fsp3) is 0.778. The highest BCUT2D eigenvalue weighted by atomic mass is 15.3. The van der Waals surface area contributed by atoms with Crippen LogP contribution >= 0.6 is 0 Å². The van der Waals surface area contributed by atoms with Crippen molar-refractivity contribution >= 4 is 5.96 Å². The molecular formula is C18H29N5. The van der Waals surface area contributed by atoms with Crippen LogP contribution in [0.15, 0.2) is 17.3 Å². The summed E-state index contributed by atoms with van der Waals surface area (Å²) in [5.74, 6) is 1.05. The van der Waals surface area contributed by atoms with Crippen molar-refractivity contribution < 1.29 is 0 Å². The molecule has 3 fully saturated rings. The Bertz CT molecular complexity index is 566. The molecule has 0 aromatic carbocycles. The monoisotopic (exact) mass is 315 g/mol. The van der Waals surface area contributed by atoms with Crippen molar-refractivity contribution in [2.24, 2.45) is 10.4 Å². The zero-order valence-electron chi connectivity index (χ0n) is 14.3. The summed E-state index contributed by atoms with van der Waals surface area (Å²) < 4.78 is 2.17. The Morgan fingerprint density at radius 3 is 2.78 bits per heavy atom. The minimum absolute atomic E-state index is 0.613. The van der Waals surface area contributed by atoms with E-state index < -0.39 is 0 Å². The normalized spacial score (nSPS) is 24.4. The van der Waals surface area contributed by atoms with Gasteiger partial charge in [-0.15, -0.1) is 0 Å². The van der Waals surface area contributed by atoms with E-state index in [4.69, 9.17) is 5.10 Å². The van der Waals surface area contributed by atoms with Crippen molar-refractivity contribution in [3.8, 4) is 0 Å². The van der Waals surface area contributed by atoms with Gasteiger partial charge in [-0.1, -0.05) is 19.3 Å². The number of nitrogens with zero attached hydrogens (tertiary/aromatic N) is 4. The first kappa shape index (κ1) is 15.0. The molecule has 3 aliphatic rings. The van der Waals surface area contributed by atoms with Crippen molar-refractivity contribution in [2.45, 2.75) is 64.0 Å². The van der Waals surface area contributed by atoms with Crippen LogP contribution < -0.4 is 5.32 Å². The molecule has 0 amide bonds. The second-order valence-corrected chi connectivity index (χ2v) is 7.65. The van der Waals surface area contributed by atoms with Gasteiger partial charge in [0, 0.05) is 26.3 Å². The Labute approximate surface area is 139 Å². The molecule has 4 rings (SSSR count). The van der Waals surface area contributed by atoms with Gasteiger partial charge in [-0.3, -0.25) is 9.67 Å². The first-order valence-corrected chi connectivity index (χ1v) is 9.28. The van der Waals surface area contributed by atoms with Crippen molar-refractivity contribution in [3.63, 3.8) is 0 Å². The summed E-state index contributed by atoms with van der Waals surface area (Å²) in [5, 5.41) is 8.28.